The zero-order valence-corrected chi connectivity index (χ0v) is 10.2. The van der Waals surface area contributed by atoms with E-state index >= 15 is 0 Å². The van der Waals surface area contributed by atoms with Gasteiger partial charge in [-0.05, 0) is 32.9 Å². The molecule has 0 saturated carbocycles. The van der Waals surface area contributed by atoms with Gasteiger partial charge in [-0.3, -0.25) is 4.79 Å². The summed E-state index contributed by atoms with van der Waals surface area (Å²) >= 11 is 0. The fraction of sp³-hybridized carbons (Fsp3) is 0.909. The number of aliphatic hydroxyl groups excluding tert-OH is 1. The number of amides is 1. The monoisotopic (exact) mass is 216 g/mol. The summed E-state index contributed by atoms with van der Waals surface area (Å²) in [4.78, 5) is 15.1. The van der Waals surface area contributed by atoms with E-state index in [4.69, 9.17) is 5.11 Å². The Hall–Kier alpha value is -0.610. The lowest BCUT2D eigenvalue weighted by Gasteiger charge is -2.17. The van der Waals surface area contributed by atoms with Gasteiger partial charge in [0.2, 0.25) is 5.91 Å². The molecule has 0 fully saturated rings. The molecule has 0 aliphatic carbocycles. The fourth-order valence-electron chi connectivity index (χ4n) is 1.29. The summed E-state index contributed by atoms with van der Waals surface area (Å²) < 4.78 is 0. The molecule has 0 aromatic rings. The maximum Gasteiger partial charge on any atom is 0.223 e. The van der Waals surface area contributed by atoms with Crippen LogP contribution in [0.25, 0.3) is 0 Å². The van der Waals surface area contributed by atoms with Crippen LogP contribution >= 0.6 is 0 Å². The molecule has 0 aliphatic rings. The van der Waals surface area contributed by atoms with Crippen molar-refractivity contribution in [1.29, 1.82) is 0 Å². The molecule has 15 heavy (non-hydrogen) atoms. The van der Waals surface area contributed by atoms with E-state index in [-0.39, 0.29) is 12.5 Å². The normalized spacial score (nSPS) is 10.7. The summed E-state index contributed by atoms with van der Waals surface area (Å²) in [6.07, 6.45) is 3.61. The van der Waals surface area contributed by atoms with Gasteiger partial charge in [0.1, 0.15) is 0 Å². The summed E-state index contributed by atoms with van der Waals surface area (Å²) in [7, 11) is 5.59. The van der Waals surface area contributed by atoms with Crippen molar-refractivity contribution in [2.75, 3.05) is 40.8 Å². The Morgan fingerprint density at radius 1 is 1.07 bits per heavy atom. The van der Waals surface area contributed by atoms with Crippen LogP contribution in [0.2, 0.25) is 0 Å². The van der Waals surface area contributed by atoms with Gasteiger partial charge in [-0.15, -0.1) is 0 Å². The van der Waals surface area contributed by atoms with Crippen LogP contribution in [0.5, 0.6) is 0 Å². The molecular weight excluding hydrogens is 192 g/mol. The first-order valence-corrected chi connectivity index (χ1v) is 5.57. The molecule has 0 spiro atoms. The van der Waals surface area contributed by atoms with Crippen LogP contribution in [0.1, 0.15) is 25.7 Å². The van der Waals surface area contributed by atoms with Crippen LogP contribution in [0.3, 0.4) is 0 Å². The van der Waals surface area contributed by atoms with E-state index < -0.39 is 0 Å². The van der Waals surface area contributed by atoms with Crippen molar-refractivity contribution in [3.8, 4) is 0 Å². The number of carbonyl (C=O) groups is 1. The first-order valence-electron chi connectivity index (χ1n) is 5.57. The Labute approximate surface area is 92.9 Å². The standard InChI is InChI=1S/C11H24N2O2/c1-12(2)11(15)7-9-13(3)8-5-4-6-10-14/h14H,4-10H2,1-3H3. The number of aliphatic hydroxyl groups is 1. The highest BCUT2D eigenvalue weighted by molar-refractivity contribution is 5.75. The van der Waals surface area contributed by atoms with Gasteiger partial charge in [0.15, 0.2) is 0 Å². The maximum absolute atomic E-state index is 11.3. The molecular formula is C11H24N2O2. The zero-order valence-electron chi connectivity index (χ0n) is 10.2. The first-order chi connectivity index (χ1) is 7.07. The van der Waals surface area contributed by atoms with Gasteiger partial charge in [-0.1, -0.05) is 0 Å². The van der Waals surface area contributed by atoms with Gasteiger partial charge in [0, 0.05) is 33.7 Å². The van der Waals surface area contributed by atoms with E-state index in [0.717, 1.165) is 32.4 Å². The van der Waals surface area contributed by atoms with Crippen molar-refractivity contribution in [2.45, 2.75) is 25.7 Å². The van der Waals surface area contributed by atoms with Gasteiger partial charge in [-0.25, -0.2) is 0 Å². The summed E-state index contributed by atoms with van der Waals surface area (Å²) in [5.41, 5.74) is 0. The van der Waals surface area contributed by atoms with Gasteiger partial charge in [0.05, 0.1) is 0 Å². The zero-order chi connectivity index (χ0) is 11.7. The molecule has 1 amide bonds. The minimum absolute atomic E-state index is 0.178. The van der Waals surface area contributed by atoms with Crippen LogP contribution in [-0.2, 0) is 4.79 Å². The second kappa shape index (κ2) is 8.68. The Balaban J connectivity index is 3.40. The van der Waals surface area contributed by atoms with Gasteiger partial charge in [0.25, 0.3) is 0 Å². The highest BCUT2D eigenvalue weighted by Gasteiger charge is 2.05. The number of carbonyl (C=O) groups excluding carboxylic acids is 1. The third-order valence-corrected chi connectivity index (χ3v) is 2.40. The topological polar surface area (TPSA) is 43.8 Å². The summed E-state index contributed by atoms with van der Waals surface area (Å²) in [6.45, 7) is 2.10. The lowest BCUT2D eigenvalue weighted by molar-refractivity contribution is -0.128. The molecule has 0 aliphatic heterocycles. The molecule has 0 unspecified atom stereocenters. The third kappa shape index (κ3) is 8.39. The SMILES string of the molecule is CN(CCCCCO)CCC(=O)N(C)C. The number of rotatable bonds is 8. The van der Waals surface area contributed by atoms with Crippen LogP contribution in [0, 0.1) is 0 Å². The minimum atomic E-state index is 0.178. The van der Waals surface area contributed by atoms with Crippen molar-refractivity contribution >= 4 is 5.91 Å². The van der Waals surface area contributed by atoms with Crippen molar-refractivity contribution in [2.24, 2.45) is 0 Å². The molecule has 0 saturated heterocycles. The molecule has 0 radical (unpaired) electrons. The van der Waals surface area contributed by atoms with Gasteiger partial charge >= 0.3 is 0 Å². The van der Waals surface area contributed by atoms with Crippen molar-refractivity contribution < 1.29 is 9.90 Å². The molecule has 0 heterocycles. The number of hydrogen-bond acceptors (Lipinski definition) is 3. The molecule has 4 heteroatoms. The maximum atomic E-state index is 11.3. The number of hydrogen-bond donors (Lipinski definition) is 1. The predicted octanol–water partition coefficient (Wildman–Crippen LogP) is 0.559. The van der Waals surface area contributed by atoms with E-state index in [0.29, 0.717) is 6.42 Å². The lowest BCUT2D eigenvalue weighted by Crippen LogP contribution is -2.28. The number of nitrogens with zero attached hydrogens (tertiary/aromatic N) is 2. The van der Waals surface area contributed by atoms with E-state index in [1.807, 2.05) is 7.05 Å². The van der Waals surface area contributed by atoms with E-state index in [1.54, 1.807) is 19.0 Å². The van der Waals surface area contributed by atoms with Crippen molar-refractivity contribution in [3.63, 3.8) is 0 Å². The Bertz CT molecular complexity index is 172. The van der Waals surface area contributed by atoms with Crippen LogP contribution < -0.4 is 0 Å². The van der Waals surface area contributed by atoms with Gasteiger partial charge < -0.3 is 14.9 Å². The van der Waals surface area contributed by atoms with E-state index in [9.17, 15) is 4.79 Å². The Morgan fingerprint density at radius 3 is 2.27 bits per heavy atom. The molecule has 1 N–H and O–H groups in total. The van der Waals surface area contributed by atoms with Crippen LogP contribution in [0.15, 0.2) is 0 Å². The first kappa shape index (κ1) is 14.4. The molecule has 0 atom stereocenters. The highest BCUT2D eigenvalue weighted by atomic mass is 16.2. The van der Waals surface area contributed by atoms with E-state index in [2.05, 4.69) is 4.90 Å². The highest BCUT2D eigenvalue weighted by Crippen LogP contribution is 1.98. The molecule has 0 aromatic heterocycles. The average molecular weight is 216 g/mol. The molecule has 0 bridgehead atoms. The Kier molecular flexibility index (Phi) is 8.33. The van der Waals surface area contributed by atoms with E-state index in [1.165, 1.54) is 0 Å². The van der Waals surface area contributed by atoms with Crippen molar-refractivity contribution in [3.05, 3.63) is 0 Å². The second-order valence-corrected chi connectivity index (χ2v) is 4.13. The quantitative estimate of drug-likeness (QED) is 0.603. The van der Waals surface area contributed by atoms with Crippen LogP contribution in [-0.4, -0.2) is 61.7 Å². The van der Waals surface area contributed by atoms with Crippen LogP contribution in [0.4, 0.5) is 0 Å². The molecule has 4 nitrogen and oxygen atoms in total. The second-order valence-electron chi connectivity index (χ2n) is 4.13. The molecule has 90 valence electrons. The summed E-state index contributed by atoms with van der Waals surface area (Å²) in [6, 6.07) is 0. The number of unbranched alkanes of at least 4 members (excludes halogenated alkanes) is 2. The summed E-state index contributed by atoms with van der Waals surface area (Å²) in [5, 5.41) is 8.60. The van der Waals surface area contributed by atoms with Gasteiger partial charge in [-0.2, -0.15) is 0 Å². The molecule has 0 aromatic carbocycles. The largest absolute Gasteiger partial charge is 0.396 e. The van der Waals surface area contributed by atoms with Crippen molar-refractivity contribution in [1.82, 2.24) is 9.80 Å². The lowest BCUT2D eigenvalue weighted by atomic mass is 10.2. The smallest absolute Gasteiger partial charge is 0.223 e. The third-order valence-electron chi connectivity index (χ3n) is 2.40. The average Bonchev–Trinajstić information content (AvgIpc) is 2.20. The predicted molar refractivity (Wildman–Crippen MR) is 61.7 cm³/mol. The summed E-state index contributed by atoms with van der Waals surface area (Å²) in [5.74, 6) is 0.178. The Morgan fingerprint density at radius 2 is 1.73 bits per heavy atom. The fourth-order valence-corrected chi connectivity index (χ4v) is 1.29. The molecule has 0 rings (SSSR count). The minimum Gasteiger partial charge on any atom is -0.396 e.